The van der Waals surface area contributed by atoms with Crippen molar-refractivity contribution in [3.05, 3.63) is 117 Å². The van der Waals surface area contributed by atoms with Crippen LogP contribution in [0, 0.1) is 6.92 Å². The van der Waals surface area contributed by atoms with Crippen molar-refractivity contribution in [3.8, 4) is 17.3 Å². The van der Waals surface area contributed by atoms with Gasteiger partial charge in [-0.1, -0.05) is 82.0 Å². The molecule has 224 valence electrons. The highest BCUT2D eigenvalue weighted by molar-refractivity contribution is 8.00. The average molecular weight is 643 g/mol. The summed E-state index contributed by atoms with van der Waals surface area (Å²) in [6.07, 6.45) is 0. The number of hydrogen-bond donors (Lipinski definition) is 2. The van der Waals surface area contributed by atoms with E-state index in [-0.39, 0.29) is 29.2 Å². The van der Waals surface area contributed by atoms with Crippen LogP contribution in [0.2, 0.25) is 5.02 Å². The molecule has 1 aliphatic heterocycles. The van der Waals surface area contributed by atoms with E-state index in [1.54, 1.807) is 6.07 Å². The molecule has 8 aromatic rings. The van der Waals surface area contributed by atoms with Crippen molar-refractivity contribution >= 4 is 78.9 Å². The van der Waals surface area contributed by atoms with Crippen LogP contribution >= 0.6 is 23.4 Å². The van der Waals surface area contributed by atoms with Crippen LogP contribution in [-0.4, -0.2) is 36.4 Å². The van der Waals surface area contributed by atoms with Crippen LogP contribution in [0.5, 0.6) is 0 Å². The topological polar surface area (TPSA) is 113 Å². The molecule has 1 aliphatic rings. The van der Waals surface area contributed by atoms with Crippen LogP contribution in [0.1, 0.15) is 16.5 Å². The van der Waals surface area contributed by atoms with Gasteiger partial charge in [0.15, 0.2) is 0 Å². The van der Waals surface area contributed by atoms with E-state index in [2.05, 4.69) is 20.2 Å². The van der Waals surface area contributed by atoms with Crippen molar-refractivity contribution in [2.45, 2.75) is 12.3 Å². The van der Waals surface area contributed by atoms with E-state index in [9.17, 15) is 9.59 Å². The number of H-pyrrole nitrogens is 2. The number of hydrogen-bond acceptors (Lipinski definition) is 6. The molecule has 2 N–H and O–H groups in total. The van der Waals surface area contributed by atoms with Crippen molar-refractivity contribution in [1.82, 2.24) is 24.7 Å². The molecule has 0 spiro atoms. The third kappa shape index (κ3) is 3.97. The lowest BCUT2D eigenvalue weighted by Crippen LogP contribution is -2.28. The second-order valence-corrected chi connectivity index (χ2v) is 12.9. The number of nitrogens with zero attached hydrogens (tertiary/aromatic N) is 4. The first-order valence-corrected chi connectivity index (χ1v) is 16.1. The molecule has 4 aromatic carbocycles. The van der Waals surface area contributed by atoms with Gasteiger partial charge in [0, 0.05) is 43.2 Å². The number of aromatic nitrogens is 5. The molecular weight excluding hydrogens is 620 g/mol. The number of pyridine rings is 1. The summed E-state index contributed by atoms with van der Waals surface area (Å²) >= 11 is 7.94. The predicted molar refractivity (Wildman–Crippen MR) is 183 cm³/mol. The maximum Gasteiger partial charge on any atom is 0.331 e. The van der Waals surface area contributed by atoms with Gasteiger partial charge in [-0.3, -0.25) is 9.59 Å². The summed E-state index contributed by atoms with van der Waals surface area (Å²) in [4.78, 5) is 36.2. The first kappa shape index (κ1) is 27.0. The standard InChI is InChI=1S/C35H23ClN6O3S/c1-18-11-13-26-24(15-18)31-30(38-26)21-9-5-6-10-22(21)32(44)42(31)35-40-39-34(45-35)41-27(43)17-46-33(41)28-23-16-20(36)12-14-25(23)37-29(28)19-7-3-2-4-8-19/h2-16,33,37-38H,17H2,1H3. The van der Waals surface area contributed by atoms with E-state index in [1.165, 1.54) is 21.2 Å². The number of fused-ring (bicyclic) bond motifs is 6. The minimum Gasteiger partial charge on any atom is -0.388 e. The van der Waals surface area contributed by atoms with E-state index in [0.29, 0.717) is 15.9 Å². The van der Waals surface area contributed by atoms with E-state index >= 15 is 0 Å². The molecule has 9 rings (SSSR count). The summed E-state index contributed by atoms with van der Waals surface area (Å²) in [5.74, 6) is 0.0328. The van der Waals surface area contributed by atoms with Crippen LogP contribution < -0.4 is 10.5 Å². The molecule has 11 heteroatoms. The molecule has 9 nitrogen and oxygen atoms in total. The molecule has 1 unspecified atom stereocenters. The summed E-state index contributed by atoms with van der Waals surface area (Å²) in [7, 11) is 0. The first-order valence-electron chi connectivity index (χ1n) is 14.7. The fourth-order valence-electron chi connectivity index (χ4n) is 6.53. The van der Waals surface area contributed by atoms with E-state index in [0.717, 1.165) is 55.1 Å². The Labute approximate surface area is 269 Å². The normalized spacial score (nSPS) is 15.3. The molecule has 1 amide bonds. The van der Waals surface area contributed by atoms with Gasteiger partial charge in [0.05, 0.1) is 22.5 Å². The first-order chi connectivity index (χ1) is 22.5. The summed E-state index contributed by atoms with van der Waals surface area (Å²) in [5.41, 5.74) is 6.66. The lowest BCUT2D eigenvalue weighted by atomic mass is 10.0. The quantitative estimate of drug-likeness (QED) is 0.202. The van der Waals surface area contributed by atoms with Gasteiger partial charge >= 0.3 is 12.0 Å². The zero-order chi connectivity index (χ0) is 31.1. The number of halogens is 1. The number of aromatic amines is 2. The van der Waals surface area contributed by atoms with Crippen LogP contribution in [-0.2, 0) is 4.79 Å². The summed E-state index contributed by atoms with van der Waals surface area (Å²) in [6.45, 7) is 2.00. The fourth-order valence-corrected chi connectivity index (χ4v) is 7.90. The van der Waals surface area contributed by atoms with Crippen molar-refractivity contribution in [2.75, 3.05) is 10.7 Å². The Balaban J connectivity index is 1.25. The van der Waals surface area contributed by atoms with E-state index in [4.69, 9.17) is 16.0 Å². The van der Waals surface area contributed by atoms with Crippen molar-refractivity contribution < 1.29 is 9.21 Å². The monoisotopic (exact) mass is 642 g/mol. The fraction of sp³-hybridized carbons (Fsp3) is 0.0857. The second kappa shape index (κ2) is 10.1. The summed E-state index contributed by atoms with van der Waals surface area (Å²) in [6, 6.07) is 29.1. The van der Waals surface area contributed by atoms with Crippen LogP contribution in [0.4, 0.5) is 6.01 Å². The lowest BCUT2D eigenvalue weighted by molar-refractivity contribution is -0.116. The molecule has 0 saturated carbocycles. The Morgan fingerprint density at radius 1 is 0.826 bits per heavy atom. The average Bonchev–Trinajstić information content (AvgIpc) is 3.86. The largest absolute Gasteiger partial charge is 0.388 e. The van der Waals surface area contributed by atoms with Gasteiger partial charge in [0.1, 0.15) is 5.37 Å². The van der Waals surface area contributed by atoms with Crippen molar-refractivity contribution in [3.63, 3.8) is 0 Å². The maximum absolute atomic E-state index is 14.1. The minimum absolute atomic E-state index is 0.00891. The summed E-state index contributed by atoms with van der Waals surface area (Å²) < 4.78 is 7.76. The number of thioether (sulfide) groups is 1. The Bertz CT molecular complexity index is 2590. The molecular formula is C35H23ClN6O3S. The van der Waals surface area contributed by atoms with Gasteiger partial charge < -0.3 is 14.4 Å². The number of carbonyl (C=O) groups is 1. The van der Waals surface area contributed by atoms with Gasteiger partial charge in [-0.15, -0.1) is 11.8 Å². The zero-order valence-corrected chi connectivity index (χ0v) is 25.8. The van der Waals surface area contributed by atoms with Gasteiger partial charge in [0.25, 0.3) is 5.56 Å². The Morgan fingerprint density at radius 3 is 2.41 bits per heavy atom. The SMILES string of the molecule is Cc1ccc2[nH]c3c4ccccc4c(=O)n(-c4nnc(N5C(=O)CSC5c5c(-c6ccccc6)[nH]c6ccc(Cl)cc56)o4)c3c2c1. The number of nitrogens with one attached hydrogen (secondary N) is 2. The number of carbonyl (C=O) groups excluding carboxylic acids is 1. The number of amides is 1. The van der Waals surface area contributed by atoms with Gasteiger partial charge in [0.2, 0.25) is 5.91 Å². The van der Waals surface area contributed by atoms with Crippen LogP contribution in [0.3, 0.4) is 0 Å². The molecule has 4 aromatic heterocycles. The van der Waals surface area contributed by atoms with Gasteiger partial charge in [-0.2, -0.15) is 0 Å². The molecule has 5 heterocycles. The van der Waals surface area contributed by atoms with Crippen LogP contribution in [0.15, 0.2) is 100 Å². The highest BCUT2D eigenvalue weighted by Crippen LogP contribution is 2.48. The molecule has 46 heavy (non-hydrogen) atoms. The highest BCUT2D eigenvalue weighted by atomic mass is 35.5. The Hall–Kier alpha value is -5.32. The third-order valence-corrected chi connectivity index (χ3v) is 9.97. The van der Waals surface area contributed by atoms with Crippen molar-refractivity contribution in [1.29, 1.82) is 0 Å². The number of benzene rings is 4. The Morgan fingerprint density at radius 2 is 1.57 bits per heavy atom. The number of aryl methyl sites for hydroxylation is 1. The lowest BCUT2D eigenvalue weighted by Gasteiger charge is -2.21. The smallest absolute Gasteiger partial charge is 0.331 e. The van der Waals surface area contributed by atoms with Gasteiger partial charge in [-0.25, -0.2) is 9.47 Å². The number of rotatable bonds is 4. The molecule has 1 saturated heterocycles. The third-order valence-electron chi connectivity index (χ3n) is 8.56. The minimum atomic E-state index is -0.493. The highest BCUT2D eigenvalue weighted by Gasteiger charge is 2.40. The molecule has 1 fully saturated rings. The van der Waals surface area contributed by atoms with Gasteiger partial charge in [-0.05, 0) is 48.9 Å². The predicted octanol–water partition coefficient (Wildman–Crippen LogP) is 7.90. The number of anilines is 1. The summed E-state index contributed by atoms with van der Waals surface area (Å²) in [5, 5.41) is 11.9. The van der Waals surface area contributed by atoms with Crippen LogP contribution in [0.25, 0.3) is 60.9 Å². The molecule has 0 aliphatic carbocycles. The zero-order valence-electron chi connectivity index (χ0n) is 24.2. The second-order valence-electron chi connectivity index (χ2n) is 11.3. The van der Waals surface area contributed by atoms with Crippen molar-refractivity contribution in [2.24, 2.45) is 0 Å². The maximum atomic E-state index is 14.1. The molecule has 1 atom stereocenters. The molecule has 0 bridgehead atoms. The molecule has 0 radical (unpaired) electrons. The van der Waals surface area contributed by atoms with E-state index < -0.39 is 5.37 Å². The van der Waals surface area contributed by atoms with E-state index in [1.807, 2.05) is 91.9 Å². The Kier molecular flexibility index (Phi) is 5.93.